The van der Waals surface area contributed by atoms with E-state index in [1.165, 1.54) is 12.1 Å². The predicted octanol–water partition coefficient (Wildman–Crippen LogP) is 4.64. The summed E-state index contributed by atoms with van der Waals surface area (Å²) in [7, 11) is 0. The highest BCUT2D eigenvalue weighted by molar-refractivity contribution is 9.10. The number of benzene rings is 2. The average molecular weight is 378 g/mol. The Labute approximate surface area is 135 Å². The Morgan fingerprint density at radius 3 is 2.65 bits per heavy atom. The minimum Gasteiger partial charge on any atom is -0.271 e. The second kappa shape index (κ2) is 6.87. The van der Waals surface area contributed by atoms with Gasteiger partial charge in [-0.1, -0.05) is 51.3 Å². The normalized spacial score (nSPS) is 12.4. The first-order valence-corrected chi connectivity index (χ1v) is 7.41. The van der Waals surface area contributed by atoms with Gasteiger partial charge in [0.15, 0.2) is 0 Å². The molecule has 2 aromatic rings. The lowest BCUT2D eigenvalue weighted by atomic mass is 9.99. The number of halogens is 4. The third-order valence-corrected chi connectivity index (χ3v) is 4.26. The summed E-state index contributed by atoms with van der Waals surface area (Å²) in [6.45, 7) is 0. The van der Waals surface area contributed by atoms with Gasteiger partial charge in [-0.2, -0.15) is 0 Å². The molecule has 0 saturated carbocycles. The van der Waals surface area contributed by atoms with Gasteiger partial charge in [-0.25, -0.2) is 4.39 Å². The first-order chi connectivity index (χ1) is 9.51. The number of hydrazine groups is 1. The van der Waals surface area contributed by atoms with Crippen molar-refractivity contribution in [3.63, 3.8) is 0 Å². The van der Waals surface area contributed by atoms with Gasteiger partial charge in [0.25, 0.3) is 0 Å². The van der Waals surface area contributed by atoms with Crippen molar-refractivity contribution in [3.8, 4) is 0 Å². The Bertz CT molecular complexity index is 602. The lowest BCUT2D eigenvalue weighted by Crippen LogP contribution is -2.29. The highest BCUT2D eigenvalue weighted by atomic mass is 79.9. The molecule has 1 unspecified atom stereocenters. The minimum atomic E-state index is -0.327. The van der Waals surface area contributed by atoms with Crippen molar-refractivity contribution in [1.82, 2.24) is 5.43 Å². The smallest absolute Gasteiger partial charge is 0.124 e. The number of rotatable bonds is 4. The van der Waals surface area contributed by atoms with Crippen LogP contribution in [0.25, 0.3) is 0 Å². The fraction of sp³-hybridized carbons (Fsp3) is 0.143. The van der Waals surface area contributed by atoms with Crippen LogP contribution in [0, 0.1) is 5.82 Å². The van der Waals surface area contributed by atoms with Crippen molar-refractivity contribution in [2.75, 3.05) is 0 Å². The quantitative estimate of drug-likeness (QED) is 0.601. The van der Waals surface area contributed by atoms with Crippen LogP contribution in [0.1, 0.15) is 17.2 Å². The molecule has 0 spiro atoms. The second-order valence-electron chi connectivity index (χ2n) is 4.34. The summed E-state index contributed by atoms with van der Waals surface area (Å²) in [5.41, 5.74) is 4.26. The maximum atomic E-state index is 13.5. The SMILES string of the molecule is NNC(Cc1cccc(Cl)c1Cl)c1cc(F)cc(Br)c1. The van der Waals surface area contributed by atoms with Crippen molar-refractivity contribution < 1.29 is 4.39 Å². The van der Waals surface area contributed by atoms with Gasteiger partial charge in [-0.15, -0.1) is 0 Å². The molecule has 0 bridgehead atoms. The lowest BCUT2D eigenvalue weighted by molar-refractivity contribution is 0.544. The van der Waals surface area contributed by atoms with Gasteiger partial charge in [-0.05, 0) is 41.8 Å². The summed E-state index contributed by atoms with van der Waals surface area (Å²) in [6.07, 6.45) is 0.506. The first-order valence-electron chi connectivity index (χ1n) is 5.86. The molecule has 20 heavy (non-hydrogen) atoms. The molecule has 3 N–H and O–H groups in total. The molecule has 6 heteroatoms. The van der Waals surface area contributed by atoms with Crippen molar-refractivity contribution >= 4 is 39.1 Å². The van der Waals surface area contributed by atoms with Crippen LogP contribution in [-0.4, -0.2) is 0 Å². The molecule has 2 aromatic carbocycles. The molecular formula is C14H12BrCl2FN2. The lowest BCUT2D eigenvalue weighted by Gasteiger charge is -2.18. The van der Waals surface area contributed by atoms with Crippen LogP contribution in [-0.2, 0) is 6.42 Å². The summed E-state index contributed by atoms with van der Waals surface area (Å²) < 4.78 is 14.1. The number of nitrogens with two attached hydrogens (primary N) is 1. The topological polar surface area (TPSA) is 38.0 Å². The molecule has 0 fully saturated rings. The van der Waals surface area contributed by atoms with Crippen LogP contribution >= 0.6 is 39.1 Å². The van der Waals surface area contributed by atoms with E-state index in [0.717, 1.165) is 11.1 Å². The van der Waals surface area contributed by atoms with E-state index in [2.05, 4.69) is 21.4 Å². The van der Waals surface area contributed by atoms with Gasteiger partial charge in [-0.3, -0.25) is 11.3 Å². The van der Waals surface area contributed by atoms with E-state index in [0.29, 0.717) is 20.9 Å². The number of hydrogen-bond donors (Lipinski definition) is 2. The van der Waals surface area contributed by atoms with Gasteiger partial charge in [0.1, 0.15) is 5.82 Å². The summed E-state index contributed by atoms with van der Waals surface area (Å²) in [4.78, 5) is 0. The Kier molecular flexibility index (Phi) is 5.41. The Hall–Kier alpha value is -0.650. The third-order valence-electron chi connectivity index (χ3n) is 2.94. The van der Waals surface area contributed by atoms with Crippen LogP contribution in [0.15, 0.2) is 40.9 Å². The number of hydrogen-bond acceptors (Lipinski definition) is 2. The maximum Gasteiger partial charge on any atom is 0.124 e. The zero-order chi connectivity index (χ0) is 14.7. The summed E-state index contributed by atoms with van der Waals surface area (Å²) in [5, 5.41) is 0.977. The third kappa shape index (κ3) is 3.71. The van der Waals surface area contributed by atoms with E-state index in [4.69, 9.17) is 29.0 Å². The van der Waals surface area contributed by atoms with Crippen molar-refractivity contribution in [2.24, 2.45) is 5.84 Å². The summed E-state index contributed by atoms with van der Waals surface area (Å²) in [6, 6.07) is 9.78. The molecule has 0 aliphatic carbocycles. The van der Waals surface area contributed by atoms with E-state index in [1.807, 2.05) is 18.2 Å². The molecular weight excluding hydrogens is 366 g/mol. The average Bonchev–Trinajstić information content (AvgIpc) is 2.39. The molecule has 0 heterocycles. The van der Waals surface area contributed by atoms with Gasteiger partial charge >= 0.3 is 0 Å². The molecule has 2 rings (SSSR count). The van der Waals surface area contributed by atoms with Crippen LogP contribution in [0.5, 0.6) is 0 Å². The fourth-order valence-corrected chi connectivity index (χ4v) is 2.86. The van der Waals surface area contributed by atoms with E-state index < -0.39 is 0 Å². The highest BCUT2D eigenvalue weighted by Gasteiger charge is 2.15. The Morgan fingerprint density at radius 1 is 1.25 bits per heavy atom. The van der Waals surface area contributed by atoms with Gasteiger partial charge in [0, 0.05) is 4.47 Å². The molecule has 2 nitrogen and oxygen atoms in total. The highest BCUT2D eigenvalue weighted by Crippen LogP contribution is 2.30. The summed E-state index contributed by atoms with van der Waals surface area (Å²) in [5.74, 6) is 5.25. The Balaban J connectivity index is 2.31. The van der Waals surface area contributed by atoms with Gasteiger partial charge in [0.05, 0.1) is 16.1 Å². The standard InChI is InChI=1S/C14H12BrCl2FN2/c15-10-4-9(5-11(18)7-10)13(20-19)6-8-2-1-3-12(16)14(8)17/h1-5,7,13,20H,6,19H2. The van der Waals surface area contributed by atoms with Crippen LogP contribution in [0.2, 0.25) is 10.0 Å². The van der Waals surface area contributed by atoms with Crippen molar-refractivity contribution in [1.29, 1.82) is 0 Å². The van der Waals surface area contributed by atoms with E-state index >= 15 is 0 Å². The number of nitrogens with one attached hydrogen (secondary N) is 1. The monoisotopic (exact) mass is 376 g/mol. The molecule has 0 aromatic heterocycles. The minimum absolute atomic E-state index is 0.266. The maximum absolute atomic E-state index is 13.5. The van der Waals surface area contributed by atoms with E-state index in [-0.39, 0.29) is 11.9 Å². The fourth-order valence-electron chi connectivity index (χ4n) is 1.98. The molecule has 0 radical (unpaired) electrons. The zero-order valence-electron chi connectivity index (χ0n) is 10.3. The molecule has 106 valence electrons. The molecule has 1 atom stereocenters. The predicted molar refractivity (Wildman–Crippen MR) is 84.3 cm³/mol. The first kappa shape index (κ1) is 15.7. The van der Waals surface area contributed by atoms with Crippen LogP contribution in [0.3, 0.4) is 0 Å². The van der Waals surface area contributed by atoms with Gasteiger partial charge < -0.3 is 0 Å². The van der Waals surface area contributed by atoms with Crippen LogP contribution < -0.4 is 11.3 Å². The second-order valence-corrected chi connectivity index (χ2v) is 6.04. The van der Waals surface area contributed by atoms with Crippen LogP contribution in [0.4, 0.5) is 4.39 Å². The Morgan fingerprint density at radius 2 is 2.00 bits per heavy atom. The zero-order valence-corrected chi connectivity index (χ0v) is 13.4. The van der Waals surface area contributed by atoms with E-state index in [9.17, 15) is 4.39 Å². The van der Waals surface area contributed by atoms with Gasteiger partial charge in [0.2, 0.25) is 0 Å². The molecule has 0 aliphatic heterocycles. The van der Waals surface area contributed by atoms with Crippen molar-refractivity contribution in [3.05, 3.63) is 67.9 Å². The summed E-state index contributed by atoms with van der Waals surface area (Å²) >= 11 is 15.4. The largest absolute Gasteiger partial charge is 0.271 e. The molecule has 0 saturated heterocycles. The van der Waals surface area contributed by atoms with Crippen molar-refractivity contribution in [2.45, 2.75) is 12.5 Å². The molecule has 0 aliphatic rings. The van der Waals surface area contributed by atoms with E-state index in [1.54, 1.807) is 6.07 Å². The molecule has 0 amide bonds.